The fourth-order valence-electron chi connectivity index (χ4n) is 3.63. The van der Waals surface area contributed by atoms with Crippen molar-refractivity contribution >= 4 is 5.97 Å². The van der Waals surface area contributed by atoms with Gasteiger partial charge in [-0.05, 0) is 48.8 Å². The number of hydrogen-bond acceptors (Lipinski definition) is 5. The van der Waals surface area contributed by atoms with Crippen molar-refractivity contribution < 1.29 is 27.8 Å². The van der Waals surface area contributed by atoms with Gasteiger partial charge in [-0.25, -0.2) is 4.79 Å². The van der Waals surface area contributed by atoms with Crippen molar-refractivity contribution in [3.8, 4) is 0 Å². The van der Waals surface area contributed by atoms with Crippen LogP contribution in [0, 0.1) is 5.92 Å². The Labute approximate surface area is 178 Å². The number of hydrogen-bond donors (Lipinski definition) is 1. The van der Waals surface area contributed by atoms with Crippen LogP contribution in [0.1, 0.15) is 30.4 Å². The molecule has 10 heteroatoms. The van der Waals surface area contributed by atoms with E-state index < -0.39 is 12.1 Å². The molecule has 2 aliphatic rings. The molecule has 1 aliphatic heterocycles. The molecule has 3 heterocycles. The number of aromatic nitrogens is 3. The Morgan fingerprint density at radius 3 is 2.55 bits per heavy atom. The Kier molecular flexibility index (Phi) is 7.66. The van der Waals surface area contributed by atoms with Gasteiger partial charge in [-0.3, -0.25) is 14.6 Å². The van der Waals surface area contributed by atoms with Crippen molar-refractivity contribution in [2.75, 3.05) is 13.2 Å². The summed E-state index contributed by atoms with van der Waals surface area (Å²) in [4.78, 5) is 15.7. The van der Waals surface area contributed by atoms with Gasteiger partial charge in [-0.1, -0.05) is 6.07 Å². The first kappa shape index (κ1) is 23.2. The highest BCUT2D eigenvalue weighted by molar-refractivity contribution is 5.73. The minimum Gasteiger partial charge on any atom is -0.475 e. The average Bonchev–Trinajstić information content (AvgIpc) is 3.35. The fraction of sp³-hybridized carbons (Fsp3) is 0.571. The van der Waals surface area contributed by atoms with Crippen molar-refractivity contribution in [1.82, 2.24) is 19.7 Å². The maximum atomic E-state index is 10.6. The summed E-state index contributed by atoms with van der Waals surface area (Å²) in [6.45, 7) is 2.98. The zero-order valence-electron chi connectivity index (χ0n) is 17.3. The summed E-state index contributed by atoms with van der Waals surface area (Å²) in [6.07, 6.45) is 7.99. The Balaban J connectivity index is 0.000000339. The third-order valence-electron chi connectivity index (χ3n) is 5.40. The lowest BCUT2D eigenvalue weighted by Crippen LogP contribution is -2.38. The van der Waals surface area contributed by atoms with Crippen LogP contribution in [-0.4, -0.2) is 62.2 Å². The van der Waals surface area contributed by atoms with Crippen molar-refractivity contribution in [2.24, 2.45) is 13.0 Å². The van der Waals surface area contributed by atoms with E-state index in [1.165, 1.54) is 24.0 Å². The number of alkyl halides is 3. The normalized spacial score (nSPS) is 21.5. The number of pyridine rings is 1. The van der Waals surface area contributed by atoms with E-state index in [0.717, 1.165) is 38.5 Å². The maximum Gasteiger partial charge on any atom is 0.490 e. The number of halogens is 3. The second-order valence-electron chi connectivity index (χ2n) is 8.03. The van der Waals surface area contributed by atoms with E-state index in [1.54, 1.807) is 0 Å². The quantitative estimate of drug-likeness (QED) is 0.713. The minimum atomic E-state index is -5.08. The highest BCUT2D eigenvalue weighted by Gasteiger charge is 2.38. The largest absolute Gasteiger partial charge is 0.490 e. The average molecular weight is 440 g/mol. The molecule has 1 aliphatic carbocycles. The number of carboxylic acids is 1. The molecular formula is C21H27F3N4O3. The first-order valence-electron chi connectivity index (χ1n) is 10.2. The predicted molar refractivity (Wildman–Crippen MR) is 106 cm³/mol. The van der Waals surface area contributed by atoms with Crippen LogP contribution < -0.4 is 0 Å². The summed E-state index contributed by atoms with van der Waals surface area (Å²) in [7, 11) is 1.98. The highest BCUT2D eigenvalue weighted by Crippen LogP contribution is 2.32. The zero-order chi connectivity index (χ0) is 22.4. The van der Waals surface area contributed by atoms with Crippen LogP contribution >= 0.6 is 0 Å². The number of rotatable bonds is 7. The molecule has 1 saturated carbocycles. The maximum absolute atomic E-state index is 10.6. The third kappa shape index (κ3) is 7.32. The Morgan fingerprint density at radius 2 is 2.00 bits per heavy atom. The van der Waals surface area contributed by atoms with Crippen molar-refractivity contribution in [3.63, 3.8) is 0 Å². The third-order valence-corrected chi connectivity index (χ3v) is 5.40. The molecule has 2 aromatic rings. The number of aryl methyl sites for hydroxylation is 1. The van der Waals surface area contributed by atoms with Gasteiger partial charge in [0.05, 0.1) is 12.3 Å². The fourth-order valence-corrected chi connectivity index (χ4v) is 3.63. The lowest BCUT2D eigenvalue weighted by Gasteiger charge is -2.28. The molecule has 2 atom stereocenters. The van der Waals surface area contributed by atoms with Gasteiger partial charge < -0.3 is 9.84 Å². The number of aliphatic carboxylic acids is 1. The molecule has 0 aromatic carbocycles. The van der Waals surface area contributed by atoms with E-state index in [9.17, 15) is 13.2 Å². The highest BCUT2D eigenvalue weighted by atomic mass is 19.4. The molecule has 1 saturated heterocycles. The lowest BCUT2D eigenvalue weighted by atomic mass is 10.0. The molecule has 0 spiro atoms. The molecule has 31 heavy (non-hydrogen) atoms. The topological polar surface area (TPSA) is 80.5 Å². The summed E-state index contributed by atoms with van der Waals surface area (Å²) in [5.74, 6) is -1.94. The smallest absolute Gasteiger partial charge is 0.475 e. The Hall–Kier alpha value is -2.46. The van der Waals surface area contributed by atoms with E-state index in [0.29, 0.717) is 12.1 Å². The van der Waals surface area contributed by atoms with Gasteiger partial charge in [-0.2, -0.15) is 18.3 Å². The van der Waals surface area contributed by atoms with E-state index in [2.05, 4.69) is 27.2 Å². The van der Waals surface area contributed by atoms with Gasteiger partial charge >= 0.3 is 12.1 Å². The van der Waals surface area contributed by atoms with E-state index >= 15 is 0 Å². The summed E-state index contributed by atoms with van der Waals surface area (Å²) in [5.41, 5.74) is 2.57. The number of likely N-dealkylation sites (tertiary alicyclic amines) is 1. The molecule has 4 rings (SSSR count). The molecule has 7 nitrogen and oxygen atoms in total. The second-order valence-corrected chi connectivity index (χ2v) is 8.03. The van der Waals surface area contributed by atoms with Crippen LogP contribution in [0.25, 0.3) is 0 Å². The molecule has 2 aromatic heterocycles. The lowest BCUT2D eigenvalue weighted by molar-refractivity contribution is -0.192. The van der Waals surface area contributed by atoms with Crippen LogP contribution in [0.5, 0.6) is 0 Å². The molecule has 0 bridgehead atoms. The van der Waals surface area contributed by atoms with E-state index in [-0.39, 0.29) is 0 Å². The first-order chi connectivity index (χ1) is 14.7. The second kappa shape index (κ2) is 10.2. The molecule has 170 valence electrons. The van der Waals surface area contributed by atoms with Gasteiger partial charge in [0.15, 0.2) is 0 Å². The predicted octanol–water partition coefficient (Wildman–Crippen LogP) is 3.06. The first-order valence-corrected chi connectivity index (χ1v) is 10.2. The molecule has 2 fully saturated rings. The Bertz CT molecular complexity index is 840. The molecule has 0 radical (unpaired) electrons. The minimum absolute atomic E-state index is 0.336. The summed E-state index contributed by atoms with van der Waals surface area (Å²) in [6, 6.07) is 4.60. The molecule has 1 N–H and O–H groups in total. The molecule has 0 amide bonds. The standard InChI is InChI=1S/C19H26N4O.C2HF3O2/c1-22-12-17(11-21-22)9-18-19(24-14-15-4-5-15)6-8-23(18)13-16-3-2-7-20-10-16;3-2(4,5)1(6)7/h2-3,7,10-12,15,18-19H,4-6,8-9,13-14H2,1H3;(H,6,7)/t18-,19+;/m0./s1. The van der Waals surface area contributed by atoms with Crippen molar-refractivity contribution in [2.45, 2.75) is 50.6 Å². The number of nitrogens with zero attached hydrogens (tertiary/aromatic N) is 4. The van der Waals surface area contributed by atoms with Crippen LogP contribution in [0.2, 0.25) is 0 Å². The molecular weight excluding hydrogens is 413 g/mol. The molecule has 0 unspecified atom stereocenters. The van der Waals surface area contributed by atoms with Crippen LogP contribution in [-0.2, 0) is 29.5 Å². The van der Waals surface area contributed by atoms with E-state index in [1.807, 2.05) is 36.4 Å². The van der Waals surface area contributed by atoms with Crippen LogP contribution in [0.4, 0.5) is 13.2 Å². The van der Waals surface area contributed by atoms with Crippen LogP contribution in [0.3, 0.4) is 0 Å². The summed E-state index contributed by atoms with van der Waals surface area (Å²) in [5, 5.41) is 11.4. The van der Waals surface area contributed by atoms with Crippen molar-refractivity contribution in [1.29, 1.82) is 0 Å². The summed E-state index contributed by atoms with van der Waals surface area (Å²) < 4.78 is 39.9. The summed E-state index contributed by atoms with van der Waals surface area (Å²) >= 11 is 0. The van der Waals surface area contributed by atoms with Crippen molar-refractivity contribution in [3.05, 3.63) is 48.0 Å². The zero-order valence-corrected chi connectivity index (χ0v) is 17.3. The number of carbonyl (C=O) groups is 1. The van der Waals surface area contributed by atoms with Gasteiger partial charge in [0.2, 0.25) is 0 Å². The van der Waals surface area contributed by atoms with Gasteiger partial charge in [0.1, 0.15) is 0 Å². The van der Waals surface area contributed by atoms with Gasteiger partial charge in [-0.15, -0.1) is 0 Å². The number of ether oxygens (including phenoxy) is 1. The van der Waals surface area contributed by atoms with Crippen LogP contribution in [0.15, 0.2) is 36.9 Å². The number of carboxylic acid groups (broad SMARTS) is 1. The van der Waals surface area contributed by atoms with Gasteiger partial charge in [0.25, 0.3) is 0 Å². The SMILES string of the molecule is Cn1cc(C[C@H]2[C@H](OCC3CC3)CCN2Cc2cccnc2)cn1.O=C(O)C(F)(F)F. The van der Waals surface area contributed by atoms with E-state index in [4.69, 9.17) is 14.6 Å². The Morgan fingerprint density at radius 1 is 1.26 bits per heavy atom. The van der Waals surface area contributed by atoms with Gasteiger partial charge in [0, 0.05) is 51.4 Å². The monoisotopic (exact) mass is 440 g/mol.